The van der Waals surface area contributed by atoms with Crippen molar-refractivity contribution in [2.75, 3.05) is 13.7 Å². The minimum atomic E-state index is -3.71. The lowest BCUT2D eigenvalue weighted by molar-refractivity contribution is 0.190. The summed E-state index contributed by atoms with van der Waals surface area (Å²) in [5.74, 6) is 0. The Morgan fingerprint density at radius 3 is 2.42 bits per heavy atom. The molecule has 0 spiro atoms. The average Bonchev–Trinajstić information content (AvgIpc) is 2.72. The van der Waals surface area contributed by atoms with Gasteiger partial charge in [0.05, 0.1) is 11.4 Å². The van der Waals surface area contributed by atoms with Gasteiger partial charge in [0.15, 0.2) is 0 Å². The van der Waals surface area contributed by atoms with Crippen molar-refractivity contribution in [3.63, 3.8) is 0 Å². The summed E-state index contributed by atoms with van der Waals surface area (Å²) in [6.07, 6.45) is 2.98. The lowest BCUT2D eigenvalue weighted by Crippen LogP contribution is -2.16. The summed E-state index contributed by atoms with van der Waals surface area (Å²) < 4.78 is 30.1. The molecule has 0 aliphatic rings. The van der Waals surface area contributed by atoms with E-state index in [0.717, 1.165) is 12.8 Å². The van der Waals surface area contributed by atoms with Crippen molar-refractivity contribution in [1.82, 2.24) is 9.78 Å². The summed E-state index contributed by atoms with van der Waals surface area (Å²) in [6.45, 7) is 5.18. The van der Waals surface area contributed by atoms with Crippen molar-refractivity contribution >= 4 is 10.0 Å². The van der Waals surface area contributed by atoms with Gasteiger partial charge in [-0.25, -0.2) is 13.6 Å². The van der Waals surface area contributed by atoms with Crippen LogP contribution in [0, 0.1) is 0 Å². The zero-order valence-corrected chi connectivity index (χ0v) is 12.7. The fourth-order valence-corrected chi connectivity index (χ4v) is 3.22. The molecule has 19 heavy (non-hydrogen) atoms. The van der Waals surface area contributed by atoms with Crippen LogP contribution in [-0.2, 0) is 34.1 Å². The molecule has 0 bridgehead atoms. The molecule has 7 heteroatoms. The summed E-state index contributed by atoms with van der Waals surface area (Å²) in [7, 11) is -2.04. The summed E-state index contributed by atoms with van der Waals surface area (Å²) >= 11 is 0. The number of methoxy groups -OCH3 is 1. The summed E-state index contributed by atoms with van der Waals surface area (Å²) in [5.41, 5.74) is 1.27. The second kappa shape index (κ2) is 7.02. The molecule has 1 aromatic heterocycles. The number of ether oxygens (including phenoxy) is 1. The third kappa shape index (κ3) is 4.02. The van der Waals surface area contributed by atoms with Crippen LogP contribution in [0.4, 0.5) is 0 Å². The highest BCUT2D eigenvalue weighted by atomic mass is 32.2. The minimum absolute atomic E-state index is 0.212. The van der Waals surface area contributed by atoms with Gasteiger partial charge in [-0.1, -0.05) is 13.8 Å². The first-order valence-corrected chi connectivity index (χ1v) is 8.10. The molecule has 2 N–H and O–H groups in total. The molecule has 0 amide bonds. The lowest BCUT2D eigenvalue weighted by Gasteiger charge is -2.06. The van der Waals surface area contributed by atoms with Gasteiger partial charge in [-0.15, -0.1) is 0 Å². The highest BCUT2D eigenvalue weighted by Gasteiger charge is 2.23. The second-order valence-electron chi connectivity index (χ2n) is 4.40. The number of unbranched alkanes of at least 4 members (excludes halogenated alkanes) is 1. The van der Waals surface area contributed by atoms with E-state index < -0.39 is 10.0 Å². The van der Waals surface area contributed by atoms with Crippen molar-refractivity contribution in [2.45, 2.75) is 51.0 Å². The Morgan fingerprint density at radius 1 is 1.26 bits per heavy atom. The molecular formula is C12H23N3O3S. The first-order chi connectivity index (χ1) is 8.95. The van der Waals surface area contributed by atoms with Crippen LogP contribution in [0.25, 0.3) is 0 Å². The monoisotopic (exact) mass is 289 g/mol. The molecule has 0 saturated carbocycles. The van der Waals surface area contributed by atoms with Crippen LogP contribution in [0.3, 0.4) is 0 Å². The number of nitrogens with two attached hydrogens (primary N) is 1. The summed E-state index contributed by atoms with van der Waals surface area (Å²) in [6, 6.07) is 0. The number of hydrogen-bond acceptors (Lipinski definition) is 4. The highest BCUT2D eigenvalue weighted by molar-refractivity contribution is 7.89. The van der Waals surface area contributed by atoms with Crippen molar-refractivity contribution in [3.05, 3.63) is 11.4 Å². The second-order valence-corrected chi connectivity index (χ2v) is 5.90. The fraction of sp³-hybridized carbons (Fsp3) is 0.750. The van der Waals surface area contributed by atoms with Gasteiger partial charge in [0.1, 0.15) is 4.90 Å². The number of primary sulfonamides is 1. The topological polar surface area (TPSA) is 87.2 Å². The maximum atomic E-state index is 11.7. The van der Waals surface area contributed by atoms with E-state index in [9.17, 15) is 8.42 Å². The van der Waals surface area contributed by atoms with Gasteiger partial charge >= 0.3 is 0 Å². The van der Waals surface area contributed by atoms with Gasteiger partial charge in [-0.2, -0.15) is 5.10 Å². The maximum absolute atomic E-state index is 11.7. The molecule has 0 aromatic carbocycles. The quantitative estimate of drug-likeness (QED) is 0.725. The molecule has 0 radical (unpaired) electrons. The van der Waals surface area contributed by atoms with Crippen LogP contribution < -0.4 is 5.14 Å². The zero-order chi connectivity index (χ0) is 14.5. The van der Waals surface area contributed by atoms with E-state index in [-0.39, 0.29) is 4.90 Å². The predicted octanol–water partition coefficient (Wildman–Crippen LogP) is 1.08. The van der Waals surface area contributed by atoms with Crippen LogP contribution >= 0.6 is 0 Å². The molecule has 0 unspecified atom stereocenters. The van der Waals surface area contributed by atoms with E-state index >= 15 is 0 Å². The first kappa shape index (κ1) is 16.1. The van der Waals surface area contributed by atoms with E-state index in [1.165, 1.54) is 0 Å². The Bertz CT molecular complexity index is 509. The summed E-state index contributed by atoms with van der Waals surface area (Å²) in [5, 5.41) is 9.68. The van der Waals surface area contributed by atoms with E-state index in [1.807, 2.05) is 13.8 Å². The Labute approximate surface area is 115 Å². The predicted molar refractivity (Wildman–Crippen MR) is 73.5 cm³/mol. The number of hydrogen-bond donors (Lipinski definition) is 1. The van der Waals surface area contributed by atoms with E-state index in [2.05, 4.69) is 5.10 Å². The first-order valence-electron chi connectivity index (χ1n) is 6.55. The van der Waals surface area contributed by atoms with Gasteiger partial charge in [-0.05, 0) is 25.7 Å². The third-order valence-corrected chi connectivity index (χ3v) is 4.04. The van der Waals surface area contributed by atoms with Gasteiger partial charge in [0.25, 0.3) is 0 Å². The lowest BCUT2D eigenvalue weighted by atomic mass is 10.2. The average molecular weight is 289 g/mol. The Morgan fingerprint density at radius 2 is 1.95 bits per heavy atom. The number of sulfonamides is 1. The summed E-state index contributed by atoms with van der Waals surface area (Å²) in [4.78, 5) is 0.212. The van der Waals surface area contributed by atoms with Crippen LogP contribution in [0.15, 0.2) is 4.90 Å². The number of rotatable bonds is 8. The number of nitrogens with zero attached hydrogens (tertiary/aromatic N) is 2. The largest absolute Gasteiger partial charge is 0.385 e. The maximum Gasteiger partial charge on any atom is 0.241 e. The molecule has 0 aliphatic heterocycles. The normalized spacial score (nSPS) is 12.0. The van der Waals surface area contributed by atoms with Crippen molar-refractivity contribution in [2.24, 2.45) is 5.14 Å². The molecule has 110 valence electrons. The van der Waals surface area contributed by atoms with Gasteiger partial charge in [-0.3, -0.25) is 4.68 Å². The van der Waals surface area contributed by atoms with Crippen LogP contribution in [-0.4, -0.2) is 31.9 Å². The third-order valence-electron chi connectivity index (χ3n) is 3.00. The van der Waals surface area contributed by atoms with Crippen LogP contribution in [0.5, 0.6) is 0 Å². The number of aryl methyl sites for hydroxylation is 2. The van der Waals surface area contributed by atoms with Crippen molar-refractivity contribution < 1.29 is 13.2 Å². The minimum Gasteiger partial charge on any atom is -0.385 e. The smallest absolute Gasteiger partial charge is 0.241 e. The molecule has 1 aromatic rings. The number of aromatic nitrogens is 2. The standard InChI is InChI=1S/C12H23N3O3S/c1-4-10-12(19(13,16)17)11(5-2)15(14-10)8-6-7-9-18-3/h4-9H2,1-3H3,(H2,13,16,17). The van der Waals surface area contributed by atoms with E-state index in [0.29, 0.717) is 37.4 Å². The van der Waals surface area contributed by atoms with Gasteiger partial charge < -0.3 is 4.74 Å². The van der Waals surface area contributed by atoms with E-state index in [4.69, 9.17) is 9.88 Å². The van der Waals surface area contributed by atoms with Gasteiger partial charge in [0, 0.05) is 20.3 Å². The van der Waals surface area contributed by atoms with Crippen LogP contribution in [0.2, 0.25) is 0 Å². The Kier molecular flexibility index (Phi) is 5.96. The van der Waals surface area contributed by atoms with Gasteiger partial charge in [0.2, 0.25) is 10.0 Å². The molecule has 0 aliphatic carbocycles. The highest BCUT2D eigenvalue weighted by Crippen LogP contribution is 2.21. The molecular weight excluding hydrogens is 266 g/mol. The van der Waals surface area contributed by atoms with E-state index in [1.54, 1.807) is 11.8 Å². The molecule has 1 heterocycles. The van der Waals surface area contributed by atoms with Crippen molar-refractivity contribution in [1.29, 1.82) is 0 Å². The molecule has 0 atom stereocenters. The van der Waals surface area contributed by atoms with Crippen molar-refractivity contribution in [3.8, 4) is 0 Å². The zero-order valence-electron chi connectivity index (χ0n) is 11.8. The molecule has 6 nitrogen and oxygen atoms in total. The Balaban J connectivity index is 3.03. The molecule has 1 rings (SSSR count). The SMILES string of the molecule is CCc1nn(CCCCOC)c(CC)c1S(N)(=O)=O. The van der Waals surface area contributed by atoms with Crippen LogP contribution in [0.1, 0.15) is 38.1 Å². The molecule has 0 saturated heterocycles. The Hall–Kier alpha value is -0.920. The fourth-order valence-electron chi connectivity index (χ4n) is 2.13. The molecule has 0 fully saturated rings.